The Labute approximate surface area is 280 Å². The minimum absolute atomic E-state index is 0.0783. The number of ether oxygens (including phenoxy) is 4. The number of rotatable bonds is 15. The summed E-state index contributed by atoms with van der Waals surface area (Å²) in [5.74, 6) is 1.67. The van der Waals surface area contributed by atoms with Gasteiger partial charge in [0, 0.05) is 57.4 Å². The molecule has 2 aliphatic heterocycles. The third kappa shape index (κ3) is 9.52. The molecule has 2 aromatic carbocycles. The van der Waals surface area contributed by atoms with Gasteiger partial charge in [-0.2, -0.15) is 0 Å². The number of nitrogens with zero attached hydrogens (tertiary/aromatic N) is 5. The second kappa shape index (κ2) is 17.4. The van der Waals surface area contributed by atoms with Crippen LogP contribution in [0.3, 0.4) is 0 Å². The van der Waals surface area contributed by atoms with Gasteiger partial charge in [0.2, 0.25) is 0 Å². The third-order valence-electron chi connectivity index (χ3n) is 8.00. The second-order valence-electron chi connectivity index (χ2n) is 11.2. The molecule has 0 aliphatic carbocycles. The summed E-state index contributed by atoms with van der Waals surface area (Å²) in [6.07, 6.45) is 2.84. The fourth-order valence-electron chi connectivity index (χ4n) is 5.18. The summed E-state index contributed by atoms with van der Waals surface area (Å²) in [5.41, 5.74) is 8.19. The summed E-state index contributed by atoms with van der Waals surface area (Å²) in [4.78, 5) is 13.9. The number of nitrogens with two attached hydrogens (primary N) is 1. The number of hydrogen-bond acceptors (Lipinski definition) is 11. The number of benzene rings is 2. The summed E-state index contributed by atoms with van der Waals surface area (Å²) < 4.78 is 22.9. The average molecular weight is 669 g/mol. The highest BCUT2D eigenvalue weighted by Gasteiger charge is 2.24. The first-order valence-electron chi connectivity index (χ1n) is 15.8. The molecule has 0 spiro atoms. The Hall–Kier alpha value is -3.49. The lowest BCUT2D eigenvalue weighted by molar-refractivity contribution is 0.0393. The molecule has 248 valence electrons. The molecule has 0 atom stereocenters. The Morgan fingerprint density at radius 3 is 2.13 bits per heavy atom. The minimum Gasteiger partial charge on any atom is -0.494 e. The maximum absolute atomic E-state index is 8.77. The van der Waals surface area contributed by atoms with Crippen LogP contribution in [0.4, 0.5) is 5.13 Å². The molecule has 3 heterocycles. The van der Waals surface area contributed by atoms with Crippen LogP contribution in [0.5, 0.6) is 11.5 Å². The van der Waals surface area contributed by atoms with Crippen molar-refractivity contribution < 1.29 is 24.2 Å². The lowest BCUT2D eigenvalue weighted by Crippen LogP contribution is -2.40. The summed E-state index contributed by atoms with van der Waals surface area (Å²) >= 11 is 7.68. The van der Waals surface area contributed by atoms with Crippen molar-refractivity contribution in [2.45, 2.75) is 19.3 Å². The molecule has 0 radical (unpaired) electrons. The van der Waals surface area contributed by atoms with Crippen molar-refractivity contribution in [2.24, 2.45) is 10.9 Å². The van der Waals surface area contributed by atoms with Crippen molar-refractivity contribution in [3.05, 3.63) is 59.0 Å². The smallest absolute Gasteiger partial charge is 0.186 e. The van der Waals surface area contributed by atoms with Crippen molar-refractivity contribution in [1.29, 1.82) is 0 Å². The van der Waals surface area contributed by atoms with Gasteiger partial charge in [-0.3, -0.25) is 4.90 Å². The van der Waals surface area contributed by atoms with Gasteiger partial charge in [0.25, 0.3) is 0 Å². The second-order valence-corrected chi connectivity index (χ2v) is 12.6. The summed E-state index contributed by atoms with van der Waals surface area (Å²) in [5, 5.41) is 12.7. The lowest BCUT2D eigenvalue weighted by atomic mass is 10.1. The fourth-order valence-corrected chi connectivity index (χ4v) is 6.63. The van der Waals surface area contributed by atoms with Crippen LogP contribution in [0.2, 0.25) is 0 Å². The zero-order valence-corrected chi connectivity index (χ0v) is 28.1. The maximum atomic E-state index is 8.77. The van der Waals surface area contributed by atoms with Gasteiger partial charge >= 0.3 is 0 Å². The highest BCUT2D eigenvalue weighted by atomic mass is 32.1. The van der Waals surface area contributed by atoms with Crippen LogP contribution in [-0.4, -0.2) is 117 Å². The first-order chi connectivity index (χ1) is 22.5. The van der Waals surface area contributed by atoms with E-state index in [4.69, 9.17) is 47.1 Å². The van der Waals surface area contributed by atoms with E-state index in [1.165, 1.54) is 0 Å². The molecular formula is C33H44N6O5S2. The molecule has 2 aliphatic rings. The topological polar surface area (TPSA) is 118 Å². The van der Waals surface area contributed by atoms with Gasteiger partial charge in [0.1, 0.15) is 16.5 Å². The van der Waals surface area contributed by atoms with E-state index in [1.807, 2.05) is 24.3 Å². The lowest BCUT2D eigenvalue weighted by Gasteiger charge is -2.29. The van der Waals surface area contributed by atoms with Gasteiger partial charge in [0.15, 0.2) is 11.0 Å². The fraction of sp³-hybridized carbons (Fsp3) is 0.485. The van der Waals surface area contributed by atoms with Crippen LogP contribution >= 0.6 is 23.6 Å². The van der Waals surface area contributed by atoms with Crippen molar-refractivity contribution in [3.8, 4) is 22.8 Å². The molecule has 3 aromatic rings. The van der Waals surface area contributed by atoms with E-state index in [2.05, 4.69) is 39.0 Å². The number of amidine groups is 1. The maximum Gasteiger partial charge on any atom is 0.186 e. The molecule has 0 unspecified atom stereocenters. The van der Waals surface area contributed by atoms with E-state index in [-0.39, 0.29) is 5.84 Å². The molecule has 0 amide bonds. The minimum atomic E-state index is 0.0783. The average Bonchev–Trinajstić information content (AvgIpc) is 3.56. The largest absolute Gasteiger partial charge is 0.494 e. The van der Waals surface area contributed by atoms with Crippen molar-refractivity contribution in [1.82, 2.24) is 14.8 Å². The normalized spacial score (nSPS) is 15.9. The number of morpholine rings is 2. The SMILES string of the molecule is CN(CCN1CCOCC1)c1nc(-c2ccc(OCCCCCOc3ccc(/C(N)=N/O)cc3)cc2)c(C(=S)N2CCOCC2)s1. The van der Waals surface area contributed by atoms with Crippen LogP contribution in [0.25, 0.3) is 11.3 Å². The predicted molar refractivity (Wildman–Crippen MR) is 186 cm³/mol. The van der Waals surface area contributed by atoms with E-state index in [1.54, 1.807) is 23.5 Å². The number of likely N-dealkylation sites (N-methyl/N-ethyl adjacent to an activating group) is 1. The standard InChI is InChI=1S/C33H44N6O5S2/c1-37(13-14-38-15-21-41-22-16-38)33-35-29(30(46-33)32(45)39-17-23-42-24-18-39)25-5-9-27(10-6-25)43-19-3-2-4-20-44-28-11-7-26(8-12-28)31(34)36-40/h5-12,40H,2-4,13-24H2,1H3,(H2,34,36). The Morgan fingerprint density at radius 2 is 1.52 bits per heavy atom. The van der Waals surface area contributed by atoms with Crippen LogP contribution in [0.1, 0.15) is 29.7 Å². The van der Waals surface area contributed by atoms with Crippen molar-refractivity contribution in [2.75, 3.05) is 90.9 Å². The van der Waals surface area contributed by atoms with Crippen LogP contribution < -0.4 is 20.1 Å². The van der Waals surface area contributed by atoms with E-state index in [0.717, 1.165) is 109 Å². The molecule has 13 heteroatoms. The van der Waals surface area contributed by atoms with Gasteiger partial charge in [-0.05, 0) is 67.8 Å². The summed E-state index contributed by atoms with van der Waals surface area (Å²) in [6.45, 7) is 9.62. The zero-order valence-electron chi connectivity index (χ0n) is 26.4. The molecule has 5 rings (SSSR count). The molecule has 0 saturated carbocycles. The van der Waals surface area contributed by atoms with Crippen LogP contribution in [-0.2, 0) is 9.47 Å². The molecule has 11 nitrogen and oxygen atoms in total. The monoisotopic (exact) mass is 668 g/mol. The van der Waals surface area contributed by atoms with Gasteiger partial charge in [-0.25, -0.2) is 4.98 Å². The number of unbranched alkanes of at least 4 members (excludes halogenated alkanes) is 2. The molecule has 2 saturated heterocycles. The molecule has 2 fully saturated rings. The molecule has 46 heavy (non-hydrogen) atoms. The van der Waals surface area contributed by atoms with Crippen LogP contribution in [0, 0.1) is 0 Å². The highest BCUT2D eigenvalue weighted by molar-refractivity contribution is 7.81. The Balaban J connectivity index is 1.12. The molecule has 3 N–H and O–H groups in total. The highest BCUT2D eigenvalue weighted by Crippen LogP contribution is 2.35. The van der Waals surface area contributed by atoms with E-state index in [9.17, 15) is 0 Å². The molecular weight excluding hydrogens is 625 g/mol. The van der Waals surface area contributed by atoms with Gasteiger partial charge < -0.3 is 39.7 Å². The number of oxime groups is 1. The van der Waals surface area contributed by atoms with Crippen molar-refractivity contribution >= 4 is 39.5 Å². The van der Waals surface area contributed by atoms with Crippen LogP contribution in [0.15, 0.2) is 53.7 Å². The van der Waals surface area contributed by atoms with Gasteiger partial charge in [0.05, 0.1) is 50.2 Å². The van der Waals surface area contributed by atoms with Gasteiger partial charge in [-0.15, -0.1) is 0 Å². The first-order valence-corrected chi connectivity index (χ1v) is 17.1. The number of aromatic nitrogens is 1. The third-order valence-corrected chi connectivity index (χ3v) is 9.77. The first kappa shape index (κ1) is 33.9. The van der Waals surface area contributed by atoms with E-state index in [0.29, 0.717) is 32.0 Å². The number of anilines is 1. The summed E-state index contributed by atoms with van der Waals surface area (Å²) in [6, 6.07) is 15.3. The number of thiazole rings is 1. The quantitative estimate of drug-likeness (QED) is 0.0603. The van der Waals surface area contributed by atoms with Crippen molar-refractivity contribution in [3.63, 3.8) is 0 Å². The predicted octanol–water partition coefficient (Wildman–Crippen LogP) is 4.31. The number of hydrogen-bond donors (Lipinski definition) is 2. The Morgan fingerprint density at radius 1 is 0.935 bits per heavy atom. The number of thiocarbonyl (C=S) groups is 1. The van der Waals surface area contributed by atoms with Gasteiger partial charge in [-0.1, -0.05) is 28.7 Å². The molecule has 0 bridgehead atoms. The van der Waals surface area contributed by atoms with E-state index < -0.39 is 0 Å². The zero-order chi connectivity index (χ0) is 32.1. The van der Waals surface area contributed by atoms with E-state index >= 15 is 0 Å². The Kier molecular flexibility index (Phi) is 12.8. The Bertz CT molecular complexity index is 1410. The molecule has 1 aromatic heterocycles. The summed E-state index contributed by atoms with van der Waals surface area (Å²) in [7, 11) is 2.11.